The van der Waals surface area contributed by atoms with Crippen LogP contribution >= 0.6 is 11.8 Å². The van der Waals surface area contributed by atoms with Crippen molar-refractivity contribution in [2.75, 3.05) is 7.05 Å². The summed E-state index contributed by atoms with van der Waals surface area (Å²) < 4.78 is 29.7. The van der Waals surface area contributed by atoms with E-state index in [-0.39, 0.29) is 22.5 Å². The number of hydrogen-bond acceptors (Lipinski definition) is 3. The second-order valence-electron chi connectivity index (χ2n) is 6.12. The lowest BCUT2D eigenvalue weighted by Gasteiger charge is -2.18. The molecule has 2 aromatic carbocycles. The van der Waals surface area contributed by atoms with Crippen LogP contribution in [0.1, 0.15) is 17.2 Å². The molecule has 1 amide bonds. The first-order valence-corrected chi connectivity index (χ1v) is 8.78. The van der Waals surface area contributed by atoms with Gasteiger partial charge >= 0.3 is 0 Å². The van der Waals surface area contributed by atoms with E-state index in [1.165, 1.54) is 23.1 Å². The van der Waals surface area contributed by atoms with Gasteiger partial charge in [0.1, 0.15) is 17.7 Å². The lowest BCUT2D eigenvalue weighted by atomic mass is 10.0. The molecule has 0 saturated carbocycles. The van der Waals surface area contributed by atoms with Crippen LogP contribution in [0.5, 0.6) is 0 Å². The average molecular weight is 372 g/mol. The van der Waals surface area contributed by atoms with E-state index in [0.29, 0.717) is 17.3 Å². The summed E-state index contributed by atoms with van der Waals surface area (Å²) in [7, 11) is 1.59. The van der Waals surface area contributed by atoms with Crippen molar-refractivity contribution in [2.24, 2.45) is 0 Å². The molecule has 1 fully saturated rings. The van der Waals surface area contributed by atoms with Crippen molar-refractivity contribution in [1.29, 1.82) is 0 Å². The molecule has 4 rings (SSSR count). The van der Waals surface area contributed by atoms with Gasteiger partial charge in [-0.25, -0.2) is 8.78 Å². The summed E-state index contributed by atoms with van der Waals surface area (Å²) in [4.78, 5) is 25.4. The Bertz CT molecular complexity index is 1030. The average Bonchev–Trinajstić information content (AvgIpc) is 3.12. The Hall–Kier alpha value is -2.67. The maximum atomic E-state index is 14.0. The van der Waals surface area contributed by atoms with E-state index in [2.05, 4.69) is 0 Å². The maximum Gasteiger partial charge on any atom is 0.289 e. The Labute approximate surface area is 152 Å². The minimum Gasteiger partial charge on any atom is -0.343 e. The molecule has 0 N–H and O–H groups in total. The first-order chi connectivity index (χ1) is 12.5. The van der Waals surface area contributed by atoms with Gasteiger partial charge in [0.05, 0.1) is 6.54 Å². The summed E-state index contributed by atoms with van der Waals surface area (Å²) in [5.41, 5.74) is 1.44. The molecule has 1 atom stereocenters. The molecule has 1 aliphatic heterocycles. The van der Waals surface area contributed by atoms with Gasteiger partial charge in [0, 0.05) is 41.5 Å². The molecular formula is C19H14F2N2O2S. The van der Waals surface area contributed by atoms with Crippen LogP contribution in [0.3, 0.4) is 0 Å². The molecule has 1 saturated heterocycles. The van der Waals surface area contributed by atoms with Gasteiger partial charge in [-0.3, -0.25) is 9.59 Å². The van der Waals surface area contributed by atoms with E-state index in [0.717, 1.165) is 10.9 Å². The number of hydrogen-bond donors (Lipinski definition) is 0. The molecule has 4 nitrogen and oxygen atoms in total. The number of halogens is 2. The van der Waals surface area contributed by atoms with Gasteiger partial charge in [0.25, 0.3) is 5.24 Å². The third-order valence-electron chi connectivity index (χ3n) is 4.62. The van der Waals surface area contributed by atoms with E-state index in [1.807, 2.05) is 6.07 Å². The van der Waals surface area contributed by atoms with Gasteiger partial charge < -0.3 is 9.47 Å². The van der Waals surface area contributed by atoms with Crippen LogP contribution < -0.4 is 0 Å². The minimum atomic E-state index is -0.655. The number of carbonyl (C=O) groups excluding carboxylic acids is 2. The zero-order chi connectivity index (χ0) is 18.4. The highest BCUT2D eigenvalue weighted by atomic mass is 32.2. The molecule has 0 bridgehead atoms. The molecule has 7 heteroatoms. The summed E-state index contributed by atoms with van der Waals surface area (Å²) in [5, 5.41) is 0.271. The summed E-state index contributed by atoms with van der Waals surface area (Å²) >= 11 is 0.695. The van der Waals surface area contributed by atoms with E-state index < -0.39 is 17.7 Å². The number of aromatic nitrogens is 1. The van der Waals surface area contributed by atoms with Gasteiger partial charge in [-0.05, 0) is 29.8 Å². The number of rotatable bonds is 3. The molecule has 1 aliphatic rings. The van der Waals surface area contributed by atoms with Crippen LogP contribution in [0.15, 0.2) is 48.7 Å². The number of carbonyl (C=O) groups is 2. The predicted molar refractivity (Wildman–Crippen MR) is 95.9 cm³/mol. The largest absolute Gasteiger partial charge is 0.343 e. The zero-order valence-corrected chi connectivity index (χ0v) is 14.6. The molecule has 1 unspecified atom stereocenters. The smallest absolute Gasteiger partial charge is 0.289 e. The fourth-order valence-electron chi connectivity index (χ4n) is 3.29. The van der Waals surface area contributed by atoms with Crippen LogP contribution in [0.2, 0.25) is 0 Å². The molecule has 0 aliphatic carbocycles. The Kier molecular flexibility index (Phi) is 4.03. The van der Waals surface area contributed by atoms with Gasteiger partial charge in [-0.2, -0.15) is 0 Å². The number of amides is 1. The van der Waals surface area contributed by atoms with Crippen molar-refractivity contribution in [1.82, 2.24) is 9.47 Å². The molecule has 1 aromatic heterocycles. The van der Waals surface area contributed by atoms with E-state index >= 15 is 0 Å². The van der Waals surface area contributed by atoms with Crippen LogP contribution in [0.25, 0.3) is 10.9 Å². The summed E-state index contributed by atoms with van der Waals surface area (Å²) in [6.45, 7) is 0.0353. The Morgan fingerprint density at radius 1 is 1.04 bits per heavy atom. The normalized spacial score (nSPS) is 17.5. The monoisotopic (exact) mass is 372 g/mol. The van der Waals surface area contributed by atoms with Crippen molar-refractivity contribution in [3.8, 4) is 0 Å². The topological polar surface area (TPSA) is 42.3 Å². The molecule has 0 spiro atoms. The van der Waals surface area contributed by atoms with Crippen LogP contribution in [-0.2, 0) is 11.3 Å². The quantitative estimate of drug-likeness (QED) is 0.687. The fraction of sp³-hybridized carbons (Fsp3) is 0.158. The Balaban J connectivity index is 1.79. The van der Waals surface area contributed by atoms with E-state index in [4.69, 9.17) is 0 Å². The molecular weight excluding hydrogens is 358 g/mol. The second-order valence-corrected chi connectivity index (χ2v) is 7.08. The summed E-state index contributed by atoms with van der Waals surface area (Å²) in [6, 6.07) is 10.3. The van der Waals surface area contributed by atoms with E-state index in [1.54, 1.807) is 36.0 Å². The van der Waals surface area contributed by atoms with Gasteiger partial charge in [0.2, 0.25) is 5.12 Å². The highest BCUT2D eigenvalue weighted by molar-refractivity contribution is 8.26. The van der Waals surface area contributed by atoms with Crippen LogP contribution in [0.4, 0.5) is 13.6 Å². The molecule has 2 heterocycles. The second kappa shape index (κ2) is 6.25. The number of benzene rings is 2. The van der Waals surface area contributed by atoms with Crippen molar-refractivity contribution < 1.29 is 18.4 Å². The number of thioether (sulfide) groups is 1. The third kappa shape index (κ3) is 2.59. The fourth-order valence-corrected chi connectivity index (χ4v) is 4.11. The highest BCUT2D eigenvalue weighted by Gasteiger charge is 2.39. The maximum absolute atomic E-state index is 14.0. The van der Waals surface area contributed by atoms with Crippen LogP contribution in [0, 0.1) is 11.6 Å². The molecule has 132 valence electrons. The van der Waals surface area contributed by atoms with Crippen molar-refractivity contribution in [2.45, 2.75) is 12.6 Å². The SMILES string of the molecule is CN1C(=O)SC(=O)C1c1cccc2c1ccn2Cc1c(F)cccc1F. The predicted octanol–water partition coefficient (Wildman–Crippen LogP) is 4.33. The third-order valence-corrected chi connectivity index (χ3v) is 5.51. The first-order valence-electron chi connectivity index (χ1n) is 7.96. The summed E-state index contributed by atoms with van der Waals surface area (Å²) in [6.07, 6.45) is 1.73. The highest BCUT2D eigenvalue weighted by Crippen LogP contribution is 2.38. The number of nitrogens with zero attached hydrogens (tertiary/aromatic N) is 2. The first kappa shape index (κ1) is 16.8. The minimum absolute atomic E-state index is 0.0183. The Morgan fingerprint density at radius 2 is 1.73 bits per heavy atom. The van der Waals surface area contributed by atoms with Crippen molar-refractivity contribution in [3.05, 3.63) is 71.4 Å². The Morgan fingerprint density at radius 3 is 2.38 bits per heavy atom. The molecule has 0 radical (unpaired) electrons. The molecule has 3 aromatic rings. The lowest BCUT2D eigenvalue weighted by molar-refractivity contribution is -0.113. The van der Waals surface area contributed by atoms with E-state index in [9.17, 15) is 18.4 Å². The summed E-state index contributed by atoms with van der Waals surface area (Å²) in [5.74, 6) is -1.20. The van der Waals surface area contributed by atoms with Crippen LogP contribution in [-0.4, -0.2) is 26.9 Å². The standard InChI is InChI=1S/C19H14F2N2O2S/c1-22-17(18(24)26-19(22)25)12-4-2-7-16-11(12)8-9-23(16)10-13-14(20)5-3-6-15(13)21/h2-9,17H,10H2,1H3. The lowest BCUT2D eigenvalue weighted by Crippen LogP contribution is -2.23. The number of likely N-dealkylation sites (N-methyl/N-ethyl adjacent to an activating group) is 1. The van der Waals surface area contributed by atoms with Gasteiger partial charge in [-0.1, -0.05) is 18.2 Å². The zero-order valence-electron chi connectivity index (χ0n) is 13.8. The van der Waals surface area contributed by atoms with Crippen molar-refractivity contribution >= 4 is 33.0 Å². The van der Waals surface area contributed by atoms with Gasteiger partial charge in [0.15, 0.2) is 0 Å². The van der Waals surface area contributed by atoms with Crippen molar-refractivity contribution in [3.63, 3.8) is 0 Å². The molecule has 26 heavy (non-hydrogen) atoms. The number of fused-ring (bicyclic) bond motifs is 1. The van der Waals surface area contributed by atoms with Gasteiger partial charge in [-0.15, -0.1) is 0 Å².